The van der Waals surface area contributed by atoms with Gasteiger partial charge in [-0.1, -0.05) is 86.6 Å². The summed E-state index contributed by atoms with van der Waals surface area (Å²) in [5, 5.41) is 2.70. The smallest absolute Gasteiger partial charge is 0.240 e. The molecule has 0 saturated heterocycles. The summed E-state index contributed by atoms with van der Waals surface area (Å²) < 4.78 is 33.4. The first-order valence-electron chi connectivity index (χ1n) is 13.5. The van der Waals surface area contributed by atoms with Crippen molar-refractivity contribution in [2.45, 2.75) is 31.1 Å². The number of hydrogen-bond acceptors (Lipinski definition) is 5. The summed E-state index contributed by atoms with van der Waals surface area (Å²) >= 11 is 0. The van der Waals surface area contributed by atoms with Gasteiger partial charge in [-0.05, 0) is 65.4 Å². The molecule has 0 spiro atoms. The molecular formula is C33H34N2O5S. The highest BCUT2D eigenvalue weighted by atomic mass is 32.2. The van der Waals surface area contributed by atoms with Gasteiger partial charge in [-0.15, -0.1) is 0 Å². The van der Waals surface area contributed by atoms with E-state index < -0.39 is 28.3 Å². The van der Waals surface area contributed by atoms with Crippen molar-refractivity contribution in [2.75, 3.05) is 13.1 Å². The molecule has 8 heteroatoms. The molecule has 41 heavy (non-hydrogen) atoms. The zero-order valence-corrected chi connectivity index (χ0v) is 23.9. The highest BCUT2D eigenvalue weighted by Gasteiger charge is 2.23. The Morgan fingerprint density at radius 3 is 1.88 bits per heavy atom. The second-order valence-electron chi connectivity index (χ2n) is 10.1. The number of hydrogen-bond donors (Lipinski definition) is 2. The molecule has 0 aromatic heterocycles. The molecule has 0 fully saturated rings. The molecule has 0 aliphatic heterocycles. The number of para-hydroxylation sites is 1. The maximum atomic E-state index is 13.1. The Hall–Kier alpha value is -4.27. The van der Waals surface area contributed by atoms with Crippen LogP contribution in [-0.2, 0) is 19.6 Å². The Balaban J connectivity index is 1.31. The van der Waals surface area contributed by atoms with Crippen LogP contribution in [-0.4, -0.2) is 33.2 Å². The minimum absolute atomic E-state index is 0.00527. The van der Waals surface area contributed by atoms with Gasteiger partial charge in [0.1, 0.15) is 11.5 Å². The number of amides is 1. The van der Waals surface area contributed by atoms with Gasteiger partial charge in [0.05, 0.1) is 23.9 Å². The van der Waals surface area contributed by atoms with Crippen molar-refractivity contribution in [1.82, 2.24) is 10.0 Å². The van der Waals surface area contributed by atoms with Crippen LogP contribution in [0.4, 0.5) is 0 Å². The Bertz CT molecular complexity index is 1540. The van der Waals surface area contributed by atoms with Crippen molar-refractivity contribution in [3.05, 3.63) is 115 Å². The summed E-state index contributed by atoms with van der Waals surface area (Å²) in [5.41, 5.74) is 3.01. The Morgan fingerprint density at radius 1 is 0.707 bits per heavy atom. The van der Waals surface area contributed by atoms with Crippen LogP contribution in [0.1, 0.15) is 31.7 Å². The molecule has 1 amide bonds. The number of ketones is 1. The van der Waals surface area contributed by atoms with E-state index in [1.165, 1.54) is 12.1 Å². The number of benzene rings is 4. The van der Waals surface area contributed by atoms with Crippen LogP contribution in [0.15, 0.2) is 114 Å². The van der Waals surface area contributed by atoms with Crippen molar-refractivity contribution >= 4 is 21.7 Å². The van der Waals surface area contributed by atoms with Gasteiger partial charge in [0, 0.05) is 0 Å². The molecule has 0 aliphatic carbocycles. The van der Waals surface area contributed by atoms with Gasteiger partial charge in [0.15, 0.2) is 5.78 Å². The van der Waals surface area contributed by atoms with E-state index in [-0.39, 0.29) is 23.3 Å². The van der Waals surface area contributed by atoms with Gasteiger partial charge in [-0.25, -0.2) is 13.1 Å². The van der Waals surface area contributed by atoms with Crippen LogP contribution in [0.3, 0.4) is 0 Å². The molecule has 0 heterocycles. The summed E-state index contributed by atoms with van der Waals surface area (Å²) in [4.78, 5) is 25.6. The fraction of sp³-hybridized carbons (Fsp3) is 0.212. The summed E-state index contributed by atoms with van der Waals surface area (Å²) in [6, 6.07) is 32.9. The van der Waals surface area contributed by atoms with E-state index in [0.29, 0.717) is 17.9 Å². The summed E-state index contributed by atoms with van der Waals surface area (Å²) in [7, 11) is -3.92. The first-order chi connectivity index (χ1) is 19.7. The third-order valence-electron chi connectivity index (χ3n) is 6.48. The largest absolute Gasteiger partial charge is 0.457 e. The van der Waals surface area contributed by atoms with E-state index in [1.54, 1.807) is 24.3 Å². The zero-order chi connectivity index (χ0) is 29.2. The first-order valence-corrected chi connectivity index (χ1v) is 15.0. The molecular weight excluding hydrogens is 536 g/mol. The number of carbonyl (C=O) groups excluding carboxylic acids is 2. The minimum Gasteiger partial charge on any atom is -0.457 e. The topological polar surface area (TPSA) is 102 Å². The fourth-order valence-corrected chi connectivity index (χ4v) is 5.36. The van der Waals surface area contributed by atoms with E-state index in [2.05, 4.69) is 10.0 Å². The van der Waals surface area contributed by atoms with Crippen molar-refractivity contribution in [3.8, 4) is 22.6 Å². The first kappa shape index (κ1) is 29.7. The lowest BCUT2D eigenvalue weighted by atomic mass is 9.88. The third kappa shape index (κ3) is 8.61. The van der Waals surface area contributed by atoms with Crippen LogP contribution in [0.2, 0.25) is 0 Å². The monoisotopic (exact) mass is 570 g/mol. The molecule has 0 bridgehead atoms. The molecule has 0 radical (unpaired) electrons. The molecule has 0 aliphatic rings. The Kier molecular flexibility index (Phi) is 10.1. The average molecular weight is 571 g/mol. The predicted octanol–water partition coefficient (Wildman–Crippen LogP) is 5.94. The SMILES string of the molecule is CC(C)CC(C(=O)NCC(=O)CNS(=O)(=O)c1ccc(Oc2ccccc2)cc1)c1ccc(-c2ccccc2)cc1. The fourth-order valence-electron chi connectivity index (χ4n) is 4.35. The van der Waals surface area contributed by atoms with Crippen LogP contribution < -0.4 is 14.8 Å². The van der Waals surface area contributed by atoms with Crippen LogP contribution in [0.25, 0.3) is 11.1 Å². The number of ether oxygens (including phenoxy) is 1. The van der Waals surface area contributed by atoms with Gasteiger partial charge < -0.3 is 10.1 Å². The summed E-state index contributed by atoms with van der Waals surface area (Å²) in [5.74, 6) is 0.228. The Labute approximate surface area is 241 Å². The number of carbonyl (C=O) groups is 2. The van der Waals surface area contributed by atoms with Gasteiger partial charge in [-0.2, -0.15) is 0 Å². The van der Waals surface area contributed by atoms with Crippen molar-refractivity contribution in [3.63, 3.8) is 0 Å². The van der Waals surface area contributed by atoms with E-state index in [0.717, 1.165) is 16.7 Å². The van der Waals surface area contributed by atoms with Crippen LogP contribution in [0, 0.1) is 5.92 Å². The van der Waals surface area contributed by atoms with E-state index in [9.17, 15) is 18.0 Å². The number of sulfonamides is 1. The maximum absolute atomic E-state index is 13.1. The van der Waals surface area contributed by atoms with Crippen molar-refractivity contribution in [2.24, 2.45) is 5.92 Å². The van der Waals surface area contributed by atoms with E-state index >= 15 is 0 Å². The number of nitrogens with one attached hydrogen (secondary N) is 2. The standard InChI is InChI=1S/C33H34N2O5S/c1-24(2)21-32(27-15-13-26(14-16-27)25-9-5-3-6-10-25)33(37)34-22-28(36)23-35-41(38,39)31-19-17-30(18-20-31)40-29-11-7-4-8-12-29/h3-20,24,32,35H,21-23H2,1-2H3,(H,34,37). The quantitative estimate of drug-likeness (QED) is 0.207. The summed E-state index contributed by atoms with van der Waals surface area (Å²) in [6.07, 6.45) is 0.612. The predicted molar refractivity (Wildman–Crippen MR) is 160 cm³/mol. The molecule has 2 N–H and O–H groups in total. The Morgan fingerprint density at radius 2 is 1.27 bits per heavy atom. The lowest BCUT2D eigenvalue weighted by Gasteiger charge is -2.19. The van der Waals surface area contributed by atoms with E-state index in [4.69, 9.17) is 4.74 Å². The summed E-state index contributed by atoms with van der Waals surface area (Å²) in [6.45, 7) is 3.37. The number of Topliss-reactive ketones (excluding diaryl/α,β-unsaturated/α-hetero) is 1. The van der Waals surface area contributed by atoms with Crippen LogP contribution in [0.5, 0.6) is 11.5 Å². The average Bonchev–Trinajstić information content (AvgIpc) is 2.99. The lowest BCUT2D eigenvalue weighted by molar-refractivity contribution is -0.126. The van der Waals surface area contributed by atoms with Crippen LogP contribution >= 0.6 is 0 Å². The maximum Gasteiger partial charge on any atom is 0.240 e. The minimum atomic E-state index is -3.92. The van der Waals surface area contributed by atoms with Gasteiger partial charge in [0.2, 0.25) is 15.9 Å². The molecule has 4 aromatic rings. The molecule has 1 unspecified atom stereocenters. The van der Waals surface area contributed by atoms with Crippen molar-refractivity contribution < 1.29 is 22.7 Å². The number of rotatable bonds is 13. The normalized spacial score (nSPS) is 12.1. The highest BCUT2D eigenvalue weighted by Crippen LogP contribution is 2.27. The van der Waals surface area contributed by atoms with Gasteiger partial charge >= 0.3 is 0 Å². The zero-order valence-electron chi connectivity index (χ0n) is 23.1. The molecule has 0 saturated carbocycles. The third-order valence-corrected chi connectivity index (χ3v) is 7.89. The second kappa shape index (κ2) is 13.9. The lowest BCUT2D eigenvalue weighted by Crippen LogP contribution is -2.39. The van der Waals surface area contributed by atoms with E-state index in [1.807, 2.05) is 86.6 Å². The second-order valence-corrected chi connectivity index (χ2v) is 11.9. The highest BCUT2D eigenvalue weighted by molar-refractivity contribution is 7.89. The molecule has 1 atom stereocenters. The van der Waals surface area contributed by atoms with Gasteiger partial charge in [-0.3, -0.25) is 9.59 Å². The molecule has 4 aromatic carbocycles. The molecule has 7 nitrogen and oxygen atoms in total. The molecule has 4 rings (SSSR count). The van der Waals surface area contributed by atoms with Crippen molar-refractivity contribution in [1.29, 1.82) is 0 Å². The molecule has 212 valence electrons. The van der Waals surface area contributed by atoms with Gasteiger partial charge in [0.25, 0.3) is 0 Å².